The number of ether oxygens (including phenoxy) is 2. The number of nitrogens with one attached hydrogen (secondary N) is 2. The fraction of sp³-hybridized carbons (Fsp3) is 0.706. The molecule has 1 aliphatic heterocycles. The average molecular weight is 340 g/mol. The van der Waals surface area contributed by atoms with Crippen LogP contribution in [0.3, 0.4) is 0 Å². The Bertz CT molecular complexity index is 445. The first kappa shape index (κ1) is 18.2. The van der Waals surface area contributed by atoms with E-state index in [2.05, 4.69) is 40.1 Å². The van der Waals surface area contributed by atoms with Crippen LogP contribution in [0.25, 0.3) is 0 Å². The molecule has 0 aliphatic carbocycles. The van der Waals surface area contributed by atoms with E-state index in [1.165, 1.54) is 17.7 Å². The Balaban J connectivity index is 1.80. The molecule has 0 amide bonds. The largest absolute Gasteiger partial charge is 0.385 e. The summed E-state index contributed by atoms with van der Waals surface area (Å²) >= 11 is 1.76. The standard InChI is InChI=1S/C17H29N3O2S/c1-14(16-7-4-13-23-16)20-17(18-9-5-11-21-2)19-10-8-15-6-3-12-22-15/h4,7,13-15H,3,5-6,8-12H2,1-2H3,(H2,18,19,20). The molecule has 2 atom stereocenters. The Morgan fingerprint density at radius 2 is 2.48 bits per heavy atom. The maximum Gasteiger partial charge on any atom is 0.191 e. The van der Waals surface area contributed by atoms with Crippen molar-refractivity contribution in [3.63, 3.8) is 0 Å². The van der Waals surface area contributed by atoms with Crippen LogP contribution >= 0.6 is 11.3 Å². The van der Waals surface area contributed by atoms with Gasteiger partial charge in [-0.2, -0.15) is 0 Å². The van der Waals surface area contributed by atoms with Crippen molar-refractivity contribution in [3.05, 3.63) is 22.4 Å². The van der Waals surface area contributed by atoms with Gasteiger partial charge in [0.1, 0.15) is 0 Å². The molecule has 6 heteroatoms. The summed E-state index contributed by atoms with van der Waals surface area (Å²) in [6.45, 7) is 5.47. The number of guanidine groups is 1. The van der Waals surface area contributed by atoms with E-state index in [1.54, 1.807) is 18.4 Å². The molecule has 2 heterocycles. The van der Waals surface area contributed by atoms with Crippen LogP contribution in [0, 0.1) is 0 Å². The van der Waals surface area contributed by atoms with Gasteiger partial charge in [0, 0.05) is 38.3 Å². The van der Waals surface area contributed by atoms with Gasteiger partial charge < -0.3 is 20.1 Å². The lowest BCUT2D eigenvalue weighted by Gasteiger charge is -2.18. The van der Waals surface area contributed by atoms with E-state index in [-0.39, 0.29) is 6.04 Å². The number of thiophene rings is 1. The molecule has 1 aliphatic rings. The molecular weight excluding hydrogens is 310 g/mol. The molecule has 1 fully saturated rings. The van der Waals surface area contributed by atoms with E-state index >= 15 is 0 Å². The van der Waals surface area contributed by atoms with Crippen LogP contribution in [0.2, 0.25) is 0 Å². The van der Waals surface area contributed by atoms with Gasteiger partial charge in [-0.15, -0.1) is 11.3 Å². The van der Waals surface area contributed by atoms with E-state index in [1.807, 2.05) is 0 Å². The highest BCUT2D eigenvalue weighted by Crippen LogP contribution is 2.18. The van der Waals surface area contributed by atoms with Gasteiger partial charge in [0.2, 0.25) is 0 Å². The second-order valence-corrected chi connectivity index (χ2v) is 6.79. The molecule has 2 unspecified atom stereocenters. The van der Waals surface area contributed by atoms with E-state index in [0.29, 0.717) is 6.10 Å². The molecule has 2 N–H and O–H groups in total. The zero-order chi connectivity index (χ0) is 16.3. The summed E-state index contributed by atoms with van der Waals surface area (Å²) < 4.78 is 10.8. The second-order valence-electron chi connectivity index (χ2n) is 5.81. The summed E-state index contributed by atoms with van der Waals surface area (Å²) in [5.41, 5.74) is 0. The molecule has 23 heavy (non-hydrogen) atoms. The van der Waals surface area contributed by atoms with Crippen molar-refractivity contribution in [1.29, 1.82) is 0 Å². The van der Waals surface area contributed by atoms with Gasteiger partial charge in [-0.05, 0) is 44.1 Å². The van der Waals surface area contributed by atoms with Crippen molar-refractivity contribution < 1.29 is 9.47 Å². The van der Waals surface area contributed by atoms with E-state index in [0.717, 1.165) is 45.1 Å². The van der Waals surface area contributed by atoms with Gasteiger partial charge in [-0.25, -0.2) is 0 Å². The van der Waals surface area contributed by atoms with Gasteiger partial charge in [0.05, 0.1) is 12.1 Å². The van der Waals surface area contributed by atoms with Crippen molar-refractivity contribution >= 4 is 17.3 Å². The van der Waals surface area contributed by atoms with Gasteiger partial charge in [0.15, 0.2) is 5.96 Å². The Labute approximate surface area is 143 Å². The molecule has 0 bridgehead atoms. The SMILES string of the molecule is COCCCN=C(NCCC1CCCO1)NC(C)c1cccs1. The number of hydrogen-bond acceptors (Lipinski definition) is 4. The molecule has 1 aromatic heterocycles. The predicted octanol–water partition coefficient (Wildman–Crippen LogP) is 2.95. The Kier molecular flexibility index (Phi) is 8.42. The molecule has 0 saturated carbocycles. The zero-order valence-corrected chi connectivity index (χ0v) is 15.0. The summed E-state index contributed by atoms with van der Waals surface area (Å²) in [4.78, 5) is 5.97. The monoisotopic (exact) mass is 339 g/mol. The summed E-state index contributed by atoms with van der Waals surface area (Å²) in [6.07, 6.45) is 4.75. The Morgan fingerprint density at radius 3 is 3.17 bits per heavy atom. The van der Waals surface area contributed by atoms with E-state index < -0.39 is 0 Å². The van der Waals surface area contributed by atoms with Crippen molar-refractivity contribution in [2.45, 2.75) is 44.8 Å². The number of rotatable bonds is 9. The predicted molar refractivity (Wildman–Crippen MR) is 96.3 cm³/mol. The van der Waals surface area contributed by atoms with Crippen molar-refractivity contribution in [3.8, 4) is 0 Å². The smallest absolute Gasteiger partial charge is 0.191 e. The number of nitrogens with zero attached hydrogens (tertiary/aromatic N) is 1. The van der Waals surface area contributed by atoms with Crippen LogP contribution in [0.15, 0.2) is 22.5 Å². The number of aliphatic imine (C=N–C) groups is 1. The van der Waals surface area contributed by atoms with Crippen LogP contribution in [0.5, 0.6) is 0 Å². The van der Waals surface area contributed by atoms with E-state index in [9.17, 15) is 0 Å². The fourth-order valence-corrected chi connectivity index (χ4v) is 3.32. The lowest BCUT2D eigenvalue weighted by atomic mass is 10.2. The number of hydrogen-bond donors (Lipinski definition) is 2. The average Bonchev–Trinajstić information content (AvgIpc) is 3.24. The van der Waals surface area contributed by atoms with Crippen LogP contribution in [0.4, 0.5) is 0 Å². The lowest BCUT2D eigenvalue weighted by molar-refractivity contribution is 0.105. The third-order valence-corrected chi connectivity index (χ3v) is 4.94. The Morgan fingerprint density at radius 1 is 1.57 bits per heavy atom. The third kappa shape index (κ3) is 6.89. The molecule has 1 saturated heterocycles. The summed E-state index contributed by atoms with van der Waals surface area (Å²) in [7, 11) is 1.72. The summed E-state index contributed by atoms with van der Waals surface area (Å²) in [5.74, 6) is 0.875. The van der Waals surface area contributed by atoms with Crippen molar-refractivity contribution in [2.75, 3.05) is 33.4 Å². The quantitative estimate of drug-likeness (QED) is 0.413. The summed E-state index contributed by atoms with van der Waals surface area (Å²) in [5, 5.41) is 9.03. The molecule has 0 radical (unpaired) electrons. The lowest BCUT2D eigenvalue weighted by Crippen LogP contribution is -2.40. The molecule has 130 valence electrons. The molecule has 1 aromatic rings. The van der Waals surface area contributed by atoms with Gasteiger partial charge in [0.25, 0.3) is 0 Å². The zero-order valence-electron chi connectivity index (χ0n) is 14.2. The van der Waals surface area contributed by atoms with Gasteiger partial charge >= 0.3 is 0 Å². The molecule has 0 spiro atoms. The normalized spacial score (nSPS) is 19.7. The molecule has 0 aromatic carbocycles. The fourth-order valence-electron chi connectivity index (χ4n) is 2.59. The third-order valence-electron chi connectivity index (χ3n) is 3.88. The minimum Gasteiger partial charge on any atom is -0.385 e. The van der Waals surface area contributed by atoms with Crippen LogP contribution in [-0.4, -0.2) is 45.5 Å². The first-order chi connectivity index (χ1) is 11.3. The van der Waals surface area contributed by atoms with Crippen molar-refractivity contribution in [2.24, 2.45) is 4.99 Å². The highest BCUT2D eigenvalue weighted by atomic mass is 32.1. The van der Waals surface area contributed by atoms with Gasteiger partial charge in [-0.3, -0.25) is 4.99 Å². The highest BCUT2D eigenvalue weighted by Gasteiger charge is 2.15. The van der Waals surface area contributed by atoms with Crippen LogP contribution in [0.1, 0.15) is 43.5 Å². The highest BCUT2D eigenvalue weighted by molar-refractivity contribution is 7.10. The maximum absolute atomic E-state index is 5.67. The molecule has 2 rings (SSSR count). The summed E-state index contributed by atoms with van der Waals surface area (Å²) in [6, 6.07) is 4.49. The van der Waals surface area contributed by atoms with Gasteiger partial charge in [-0.1, -0.05) is 6.07 Å². The number of methoxy groups -OCH3 is 1. The Hall–Kier alpha value is -1.11. The van der Waals surface area contributed by atoms with Crippen molar-refractivity contribution in [1.82, 2.24) is 10.6 Å². The minimum atomic E-state index is 0.256. The maximum atomic E-state index is 5.67. The first-order valence-electron chi connectivity index (χ1n) is 8.48. The van der Waals surface area contributed by atoms with Crippen LogP contribution in [-0.2, 0) is 9.47 Å². The topological polar surface area (TPSA) is 54.9 Å². The first-order valence-corrected chi connectivity index (χ1v) is 9.36. The van der Waals surface area contributed by atoms with E-state index in [4.69, 9.17) is 9.47 Å². The second kappa shape index (κ2) is 10.6. The van der Waals surface area contributed by atoms with Crippen LogP contribution < -0.4 is 10.6 Å². The molecule has 5 nitrogen and oxygen atoms in total. The minimum absolute atomic E-state index is 0.256. The molecular formula is C17H29N3O2S.